The van der Waals surface area contributed by atoms with E-state index in [0.29, 0.717) is 5.92 Å². The van der Waals surface area contributed by atoms with Gasteiger partial charge in [-0.1, -0.05) is 53.6 Å². The van der Waals surface area contributed by atoms with E-state index in [2.05, 4.69) is 73.5 Å². The minimum Gasteiger partial charge on any atom is -0.441 e. The van der Waals surface area contributed by atoms with Crippen LogP contribution in [0, 0.1) is 13.8 Å². The maximum Gasteiger partial charge on any atom is 0.226 e. The number of nitrogens with zero attached hydrogens (tertiary/aromatic N) is 1. The monoisotopic (exact) mass is 355 g/mol. The fraction of sp³-hybridized carbons (Fsp3) is 0.400. The van der Waals surface area contributed by atoms with Gasteiger partial charge in [0.1, 0.15) is 5.76 Å². The Kier molecular flexibility index (Phi) is 4.10. The van der Waals surface area contributed by atoms with Crippen LogP contribution in [-0.4, -0.2) is 4.98 Å². The lowest BCUT2D eigenvalue weighted by Crippen LogP contribution is -1.89. The van der Waals surface area contributed by atoms with E-state index in [1.54, 1.807) is 0 Å². The second-order valence-corrected chi connectivity index (χ2v) is 5.76. The Morgan fingerprint density at radius 1 is 1.17 bits per heavy atom. The fourth-order valence-electron chi connectivity index (χ4n) is 2.13. The van der Waals surface area contributed by atoms with Gasteiger partial charge in [0.25, 0.3) is 0 Å². The highest BCUT2D eigenvalue weighted by Gasteiger charge is 2.16. The van der Waals surface area contributed by atoms with Gasteiger partial charge in [0.05, 0.1) is 5.69 Å². The maximum atomic E-state index is 5.95. The van der Waals surface area contributed by atoms with Crippen molar-refractivity contribution in [2.45, 2.75) is 38.0 Å². The lowest BCUT2D eigenvalue weighted by molar-refractivity contribution is 0.492. The third-order valence-corrected chi connectivity index (χ3v) is 3.57. The standard InChI is InChI=1S/C15H18INO/c1-9(2)14-13(8-16)17-15(18-14)12-6-10(3)5-11(4)7-12/h5-7,9H,8H2,1-4H3. The number of alkyl halides is 1. The van der Waals surface area contributed by atoms with Crippen molar-refractivity contribution >= 4 is 22.6 Å². The first-order valence-electron chi connectivity index (χ1n) is 6.15. The Bertz CT molecular complexity index is 537. The highest BCUT2D eigenvalue weighted by molar-refractivity contribution is 14.1. The van der Waals surface area contributed by atoms with Gasteiger partial charge in [-0.25, -0.2) is 4.98 Å². The van der Waals surface area contributed by atoms with E-state index in [1.807, 2.05) is 0 Å². The molecule has 0 saturated heterocycles. The van der Waals surface area contributed by atoms with Crippen LogP contribution >= 0.6 is 22.6 Å². The summed E-state index contributed by atoms with van der Waals surface area (Å²) in [5.41, 5.74) is 4.63. The number of hydrogen-bond acceptors (Lipinski definition) is 2. The van der Waals surface area contributed by atoms with Crippen LogP contribution in [0.2, 0.25) is 0 Å². The molecule has 0 atom stereocenters. The van der Waals surface area contributed by atoms with Crippen LogP contribution in [-0.2, 0) is 4.43 Å². The highest BCUT2D eigenvalue weighted by atomic mass is 127. The van der Waals surface area contributed by atoms with Gasteiger partial charge in [0.15, 0.2) is 0 Å². The van der Waals surface area contributed by atoms with Crippen LogP contribution < -0.4 is 0 Å². The summed E-state index contributed by atoms with van der Waals surface area (Å²) >= 11 is 2.34. The van der Waals surface area contributed by atoms with Gasteiger partial charge in [0.2, 0.25) is 5.89 Å². The van der Waals surface area contributed by atoms with E-state index < -0.39 is 0 Å². The molecule has 0 unspecified atom stereocenters. The van der Waals surface area contributed by atoms with Crippen molar-refractivity contribution in [3.63, 3.8) is 0 Å². The Hall–Kier alpha value is -0.840. The highest BCUT2D eigenvalue weighted by Crippen LogP contribution is 2.29. The molecule has 2 rings (SSSR count). The van der Waals surface area contributed by atoms with Crippen LogP contribution in [0.3, 0.4) is 0 Å². The van der Waals surface area contributed by atoms with E-state index in [1.165, 1.54) is 11.1 Å². The molecule has 0 saturated carbocycles. The summed E-state index contributed by atoms with van der Waals surface area (Å²) in [6.45, 7) is 8.48. The summed E-state index contributed by atoms with van der Waals surface area (Å²) in [5, 5.41) is 0. The molecule has 0 aliphatic heterocycles. The van der Waals surface area contributed by atoms with E-state index in [9.17, 15) is 0 Å². The summed E-state index contributed by atoms with van der Waals surface area (Å²) in [4.78, 5) is 4.63. The first kappa shape index (κ1) is 13.6. The molecule has 0 N–H and O–H groups in total. The van der Waals surface area contributed by atoms with Gasteiger partial charge in [-0.15, -0.1) is 0 Å². The Labute approximate surface area is 122 Å². The molecule has 1 aromatic heterocycles. The number of halogens is 1. The molecule has 0 radical (unpaired) electrons. The molecule has 18 heavy (non-hydrogen) atoms. The first-order valence-corrected chi connectivity index (χ1v) is 7.68. The Morgan fingerprint density at radius 2 is 1.78 bits per heavy atom. The molecule has 2 nitrogen and oxygen atoms in total. The van der Waals surface area contributed by atoms with Crippen LogP contribution in [0.25, 0.3) is 11.5 Å². The second-order valence-electron chi connectivity index (χ2n) is 4.99. The molecule has 0 spiro atoms. The largest absolute Gasteiger partial charge is 0.441 e. The van der Waals surface area contributed by atoms with E-state index in [4.69, 9.17) is 4.42 Å². The summed E-state index contributed by atoms with van der Waals surface area (Å²) in [5.74, 6) is 2.14. The van der Waals surface area contributed by atoms with Gasteiger partial charge in [-0.2, -0.15) is 0 Å². The zero-order valence-electron chi connectivity index (χ0n) is 11.2. The number of hydrogen-bond donors (Lipinski definition) is 0. The molecule has 3 heteroatoms. The minimum atomic E-state index is 0.377. The van der Waals surface area contributed by atoms with Crippen LogP contribution in [0.15, 0.2) is 22.6 Å². The Morgan fingerprint density at radius 3 is 2.22 bits per heavy atom. The normalized spacial score (nSPS) is 11.2. The van der Waals surface area contributed by atoms with Crippen molar-refractivity contribution < 1.29 is 4.42 Å². The average Bonchev–Trinajstić information content (AvgIpc) is 2.71. The van der Waals surface area contributed by atoms with Gasteiger partial charge < -0.3 is 4.42 Å². The summed E-state index contributed by atoms with van der Waals surface area (Å²) in [6.07, 6.45) is 0. The second kappa shape index (κ2) is 5.43. The number of aryl methyl sites for hydroxylation is 2. The van der Waals surface area contributed by atoms with Crippen LogP contribution in [0.5, 0.6) is 0 Å². The number of aromatic nitrogens is 1. The van der Waals surface area contributed by atoms with E-state index in [-0.39, 0.29) is 0 Å². The molecule has 0 amide bonds. The van der Waals surface area contributed by atoms with Crippen molar-refractivity contribution in [2.24, 2.45) is 0 Å². The van der Waals surface area contributed by atoms with Gasteiger partial charge >= 0.3 is 0 Å². The third kappa shape index (κ3) is 2.76. The topological polar surface area (TPSA) is 26.0 Å². The first-order chi connectivity index (χ1) is 8.51. The molecule has 0 aliphatic rings. The van der Waals surface area contributed by atoms with E-state index in [0.717, 1.165) is 27.3 Å². The molecular weight excluding hydrogens is 337 g/mol. The summed E-state index contributed by atoms with van der Waals surface area (Å²) in [7, 11) is 0. The van der Waals surface area contributed by atoms with Crippen LogP contribution in [0.4, 0.5) is 0 Å². The zero-order valence-corrected chi connectivity index (χ0v) is 13.4. The summed E-state index contributed by atoms with van der Waals surface area (Å²) < 4.78 is 6.84. The smallest absolute Gasteiger partial charge is 0.226 e. The number of oxazole rings is 1. The molecule has 96 valence electrons. The fourth-order valence-corrected chi connectivity index (χ4v) is 2.68. The predicted octanol–water partition coefficient (Wildman–Crippen LogP) is 5.02. The molecule has 2 aromatic rings. The van der Waals surface area contributed by atoms with Crippen molar-refractivity contribution in [1.82, 2.24) is 4.98 Å². The number of benzene rings is 1. The molecule has 1 heterocycles. The van der Waals surface area contributed by atoms with Gasteiger partial charge in [-0.3, -0.25) is 0 Å². The van der Waals surface area contributed by atoms with Crippen molar-refractivity contribution in [3.8, 4) is 11.5 Å². The zero-order chi connectivity index (χ0) is 13.3. The van der Waals surface area contributed by atoms with Crippen molar-refractivity contribution in [3.05, 3.63) is 40.8 Å². The lowest BCUT2D eigenvalue weighted by Gasteiger charge is -2.02. The van der Waals surface area contributed by atoms with Crippen molar-refractivity contribution in [2.75, 3.05) is 0 Å². The minimum absolute atomic E-state index is 0.377. The molecule has 1 aromatic carbocycles. The maximum absolute atomic E-state index is 5.95. The van der Waals surface area contributed by atoms with Gasteiger partial charge in [0, 0.05) is 15.9 Å². The van der Waals surface area contributed by atoms with Crippen molar-refractivity contribution in [1.29, 1.82) is 0 Å². The predicted molar refractivity (Wildman–Crippen MR) is 83.2 cm³/mol. The van der Waals surface area contributed by atoms with Gasteiger partial charge in [-0.05, 0) is 26.0 Å². The average molecular weight is 355 g/mol. The SMILES string of the molecule is Cc1cc(C)cc(-c2nc(CI)c(C(C)C)o2)c1. The van der Waals surface area contributed by atoms with E-state index >= 15 is 0 Å². The lowest BCUT2D eigenvalue weighted by atomic mass is 10.1. The molecule has 0 bridgehead atoms. The Balaban J connectivity index is 2.50. The molecule has 0 aliphatic carbocycles. The molecular formula is C15H18INO. The quantitative estimate of drug-likeness (QED) is 0.571. The van der Waals surface area contributed by atoms with Crippen LogP contribution in [0.1, 0.15) is 42.3 Å². The third-order valence-electron chi connectivity index (χ3n) is 2.85. The molecule has 0 fully saturated rings. The summed E-state index contributed by atoms with van der Waals surface area (Å²) in [6, 6.07) is 6.41. The number of rotatable bonds is 3.